The van der Waals surface area contributed by atoms with E-state index in [4.69, 9.17) is 10.8 Å². The Morgan fingerprint density at radius 3 is 2.89 bits per heavy atom. The molecule has 0 radical (unpaired) electrons. The van der Waals surface area contributed by atoms with Crippen LogP contribution in [0.15, 0.2) is 30.5 Å². The first-order valence-corrected chi connectivity index (χ1v) is 5.34. The lowest BCUT2D eigenvalue weighted by molar-refractivity contribution is -0.384. The number of anilines is 3. The predicted molar refractivity (Wildman–Crippen MR) is 68.7 cm³/mol. The van der Waals surface area contributed by atoms with Gasteiger partial charge in [-0.2, -0.15) is 4.98 Å². The highest BCUT2D eigenvalue weighted by Gasteiger charge is 2.07. The summed E-state index contributed by atoms with van der Waals surface area (Å²) in [5, 5.41) is 22.4. The number of benzene rings is 1. The number of hydrogen-bond donors (Lipinski definition) is 3. The van der Waals surface area contributed by atoms with Crippen molar-refractivity contribution in [1.29, 1.82) is 0 Å². The molecule has 1 heterocycles. The van der Waals surface area contributed by atoms with Crippen molar-refractivity contribution in [2.45, 2.75) is 6.61 Å². The second kappa shape index (κ2) is 5.27. The second-order valence-electron chi connectivity index (χ2n) is 3.69. The Hall–Kier alpha value is -2.74. The maximum atomic E-state index is 10.6. The molecule has 0 amide bonds. The monoisotopic (exact) mass is 261 g/mol. The second-order valence-corrected chi connectivity index (χ2v) is 3.69. The molecular weight excluding hydrogens is 250 g/mol. The molecule has 19 heavy (non-hydrogen) atoms. The fourth-order valence-electron chi connectivity index (χ4n) is 1.43. The smallest absolute Gasteiger partial charge is 0.271 e. The van der Waals surface area contributed by atoms with Crippen molar-refractivity contribution in [3.8, 4) is 0 Å². The molecule has 0 unspecified atom stereocenters. The summed E-state index contributed by atoms with van der Waals surface area (Å²) in [6, 6.07) is 5.94. The number of nitrogen functional groups attached to an aromatic ring is 1. The van der Waals surface area contributed by atoms with Crippen LogP contribution in [0.25, 0.3) is 0 Å². The topological polar surface area (TPSA) is 127 Å². The third-order valence-electron chi connectivity index (χ3n) is 2.38. The largest absolute Gasteiger partial charge is 0.391 e. The van der Waals surface area contributed by atoms with Gasteiger partial charge in [0, 0.05) is 29.6 Å². The first-order chi connectivity index (χ1) is 9.10. The van der Waals surface area contributed by atoms with Crippen molar-refractivity contribution in [2.75, 3.05) is 11.1 Å². The van der Waals surface area contributed by atoms with Gasteiger partial charge in [0.1, 0.15) is 5.82 Å². The Bertz CT molecular complexity index is 617. The van der Waals surface area contributed by atoms with Gasteiger partial charge in [-0.25, -0.2) is 4.98 Å². The van der Waals surface area contributed by atoms with Crippen LogP contribution in [0.1, 0.15) is 5.56 Å². The molecule has 1 aromatic heterocycles. The molecule has 0 aliphatic heterocycles. The number of aliphatic hydroxyl groups is 1. The van der Waals surface area contributed by atoms with Gasteiger partial charge in [0.15, 0.2) is 0 Å². The molecule has 0 aliphatic carbocycles. The molecule has 0 fully saturated rings. The SMILES string of the molecule is Nc1nc(Nc2cccc([N+](=O)[O-])c2)ncc1CO. The third-order valence-corrected chi connectivity index (χ3v) is 2.38. The average Bonchev–Trinajstić information content (AvgIpc) is 2.39. The molecule has 0 atom stereocenters. The number of nitrogens with one attached hydrogen (secondary N) is 1. The third kappa shape index (κ3) is 2.93. The van der Waals surface area contributed by atoms with E-state index in [9.17, 15) is 10.1 Å². The zero-order valence-corrected chi connectivity index (χ0v) is 9.78. The summed E-state index contributed by atoms with van der Waals surface area (Å²) in [6.45, 7) is -0.247. The zero-order chi connectivity index (χ0) is 13.8. The highest BCUT2D eigenvalue weighted by Crippen LogP contribution is 2.20. The highest BCUT2D eigenvalue weighted by atomic mass is 16.6. The van der Waals surface area contributed by atoms with Crippen molar-refractivity contribution in [3.05, 3.63) is 46.1 Å². The number of rotatable bonds is 4. The van der Waals surface area contributed by atoms with Crippen LogP contribution in [0.4, 0.5) is 23.1 Å². The standard InChI is InChI=1S/C11H11N5O3/c12-10-7(6-17)5-13-11(15-10)14-8-2-1-3-9(4-8)16(18)19/h1-5,17H,6H2,(H3,12,13,14,15). The number of nitrogens with two attached hydrogens (primary N) is 1. The number of hydrogen-bond acceptors (Lipinski definition) is 7. The van der Waals surface area contributed by atoms with Crippen LogP contribution in [0.3, 0.4) is 0 Å². The van der Waals surface area contributed by atoms with Gasteiger partial charge < -0.3 is 16.2 Å². The number of nitrogens with zero attached hydrogens (tertiary/aromatic N) is 3. The minimum atomic E-state index is -0.491. The molecule has 0 saturated carbocycles. The van der Waals surface area contributed by atoms with Crippen LogP contribution >= 0.6 is 0 Å². The number of nitro benzene ring substituents is 1. The van der Waals surface area contributed by atoms with Crippen LogP contribution in [0, 0.1) is 10.1 Å². The summed E-state index contributed by atoms with van der Waals surface area (Å²) in [7, 11) is 0. The van der Waals surface area contributed by atoms with E-state index in [2.05, 4.69) is 15.3 Å². The van der Waals surface area contributed by atoms with Crippen LogP contribution in [-0.2, 0) is 6.61 Å². The van der Waals surface area contributed by atoms with Crippen LogP contribution in [0.5, 0.6) is 0 Å². The van der Waals surface area contributed by atoms with Crippen molar-refractivity contribution < 1.29 is 10.0 Å². The minimum Gasteiger partial charge on any atom is -0.391 e. The van der Waals surface area contributed by atoms with Gasteiger partial charge in [-0.05, 0) is 6.07 Å². The number of aromatic nitrogens is 2. The maximum Gasteiger partial charge on any atom is 0.271 e. The van der Waals surface area contributed by atoms with Gasteiger partial charge in [-0.15, -0.1) is 0 Å². The Morgan fingerprint density at radius 1 is 1.47 bits per heavy atom. The van der Waals surface area contributed by atoms with Crippen molar-refractivity contribution in [2.24, 2.45) is 0 Å². The van der Waals surface area contributed by atoms with E-state index in [0.717, 1.165) is 0 Å². The maximum absolute atomic E-state index is 10.6. The summed E-state index contributed by atoms with van der Waals surface area (Å²) in [5.74, 6) is 0.362. The van der Waals surface area contributed by atoms with Crippen molar-refractivity contribution in [1.82, 2.24) is 9.97 Å². The number of non-ortho nitro benzene ring substituents is 1. The highest BCUT2D eigenvalue weighted by molar-refractivity contribution is 5.58. The molecule has 0 bridgehead atoms. The Labute approximate surface area is 108 Å². The van der Waals surface area contributed by atoms with Crippen LogP contribution in [0.2, 0.25) is 0 Å². The van der Waals surface area contributed by atoms with Gasteiger partial charge >= 0.3 is 0 Å². The normalized spacial score (nSPS) is 10.2. The van der Waals surface area contributed by atoms with Gasteiger partial charge in [-0.3, -0.25) is 10.1 Å². The van der Waals surface area contributed by atoms with Gasteiger partial charge in [-0.1, -0.05) is 6.07 Å². The molecule has 8 heteroatoms. The first kappa shape index (κ1) is 12.7. The Morgan fingerprint density at radius 2 is 2.26 bits per heavy atom. The molecule has 0 saturated heterocycles. The summed E-state index contributed by atoms with van der Waals surface area (Å²) in [6.07, 6.45) is 1.39. The Kier molecular flexibility index (Phi) is 3.53. The van der Waals surface area contributed by atoms with Crippen LogP contribution < -0.4 is 11.1 Å². The average molecular weight is 261 g/mol. The lowest BCUT2D eigenvalue weighted by Gasteiger charge is -2.06. The first-order valence-electron chi connectivity index (χ1n) is 5.34. The van der Waals surface area contributed by atoms with E-state index in [1.54, 1.807) is 12.1 Å². The summed E-state index contributed by atoms with van der Waals surface area (Å²) < 4.78 is 0. The fourth-order valence-corrected chi connectivity index (χ4v) is 1.43. The number of nitro groups is 1. The van der Waals surface area contributed by atoms with E-state index in [1.165, 1.54) is 18.3 Å². The fraction of sp³-hybridized carbons (Fsp3) is 0.0909. The summed E-state index contributed by atoms with van der Waals surface area (Å²) >= 11 is 0. The molecular formula is C11H11N5O3. The molecule has 4 N–H and O–H groups in total. The molecule has 98 valence electrons. The quantitative estimate of drug-likeness (QED) is 0.557. The molecule has 0 spiro atoms. The molecule has 1 aromatic carbocycles. The van der Waals surface area contributed by atoms with Crippen molar-refractivity contribution in [3.63, 3.8) is 0 Å². The van der Waals surface area contributed by atoms with Crippen LogP contribution in [-0.4, -0.2) is 20.0 Å². The van der Waals surface area contributed by atoms with E-state index >= 15 is 0 Å². The van der Waals surface area contributed by atoms with Gasteiger partial charge in [0.2, 0.25) is 5.95 Å². The van der Waals surface area contributed by atoms with Gasteiger partial charge in [0.25, 0.3) is 5.69 Å². The van der Waals surface area contributed by atoms with Crippen molar-refractivity contribution >= 4 is 23.1 Å². The number of aliphatic hydroxyl groups excluding tert-OH is 1. The lowest BCUT2D eigenvalue weighted by Crippen LogP contribution is -2.04. The van der Waals surface area contributed by atoms with E-state index in [1.807, 2.05) is 0 Å². The molecule has 0 aliphatic rings. The molecule has 2 rings (SSSR count). The van der Waals surface area contributed by atoms with E-state index in [-0.39, 0.29) is 24.1 Å². The molecule has 8 nitrogen and oxygen atoms in total. The van der Waals surface area contributed by atoms with E-state index < -0.39 is 4.92 Å². The van der Waals surface area contributed by atoms with E-state index in [0.29, 0.717) is 11.3 Å². The lowest BCUT2D eigenvalue weighted by atomic mass is 10.3. The predicted octanol–water partition coefficient (Wildman–Crippen LogP) is 1.20. The summed E-state index contributed by atoms with van der Waals surface area (Å²) in [4.78, 5) is 18.0. The summed E-state index contributed by atoms with van der Waals surface area (Å²) in [5.41, 5.74) is 6.47. The Balaban J connectivity index is 2.23. The molecule has 2 aromatic rings. The van der Waals surface area contributed by atoms with Gasteiger partial charge in [0.05, 0.1) is 11.5 Å². The zero-order valence-electron chi connectivity index (χ0n) is 9.78. The minimum absolute atomic E-state index is 0.0371.